The molecule has 1 spiro atoms. The number of hydrogen-bond donors (Lipinski definition) is 1. The Bertz CT molecular complexity index is 300. The number of thioether (sulfide) groups is 1. The summed E-state index contributed by atoms with van der Waals surface area (Å²) in [4.78, 5) is 0. The zero-order valence-electron chi connectivity index (χ0n) is 12.0. The molecule has 0 radical (unpaired) electrons. The van der Waals surface area contributed by atoms with Gasteiger partial charge in [0.05, 0.1) is 5.60 Å². The van der Waals surface area contributed by atoms with Crippen molar-refractivity contribution in [1.29, 1.82) is 0 Å². The molecular formula is C14H24F3NOS. The van der Waals surface area contributed by atoms with Crippen molar-refractivity contribution in [3.05, 3.63) is 0 Å². The van der Waals surface area contributed by atoms with Crippen molar-refractivity contribution in [2.45, 2.75) is 56.8 Å². The second kappa shape index (κ2) is 6.88. The minimum absolute atomic E-state index is 0.286. The van der Waals surface area contributed by atoms with Crippen molar-refractivity contribution in [2.75, 3.05) is 24.7 Å². The Balaban J connectivity index is 2.04. The van der Waals surface area contributed by atoms with Crippen molar-refractivity contribution < 1.29 is 17.9 Å². The Morgan fingerprint density at radius 2 is 2.05 bits per heavy atom. The first-order valence-corrected chi connectivity index (χ1v) is 8.64. The van der Waals surface area contributed by atoms with E-state index in [1.54, 1.807) is 0 Å². The lowest BCUT2D eigenvalue weighted by Crippen LogP contribution is -2.53. The molecule has 1 N–H and O–H groups in total. The lowest BCUT2D eigenvalue weighted by atomic mass is 9.78. The standard InChI is InChI=1S/C14H24F3NOS/c1-2-6-18-12(14(15,16)17)11-3-7-19-13(10-11)4-8-20-9-5-13/h11-12,18H,2-10H2,1H3. The molecule has 2 aliphatic rings. The Labute approximate surface area is 123 Å². The van der Waals surface area contributed by atoms with E-state index in [-0.39, 0.29) is 11.5 Å². The molecule has 2 heterocycles. The van der Waals surface area contributed by atoms with Crippen LogP contribution < -0.4 is 5.32 Å². The van der Waals surface area contributed by atoms with Crippen LogP contribution in [0.15, 0.2) is 0 Å². The third kappa shape index (κ3) is 4.04. The van der Waals surface area contributed by atoms with Gasteiger partial charge in [-0.1, -0.05) is 6.92 Å². The van der Waals surface area contributed by atoms with Gasteiger partial charge >= 0.3 is 6.18 Å². The summed E-state index contributed by atoms with van der Waals surface area (Å²) in [6.07, 6.45) is -0.595. The van der Waals surface area contributed by atoms with E-state index in [1.807, 2.05) is 18.7 Å². The van der Waals surface area contributed by atoms with E-state index >= 15 is 0 Å². The smallest absolute Gasteiger partial charge is 0.375 e. The maximum Gasteiger partial charge on any atom is 0.404 e. The Morgan fingerprint density at radius 3 is 2.65 bits per heavy atom. The predicted octanol–water partition coefficient (Wildman–Crippen LogP) is 3.61. The zero-order chi connectivity index (χ0) is 14.6. The Kier molecular flexibility index (Phi) is 5.65. The Hall–Kier alpha value is 0.0600. The summed E-state index contributed by atoms with van der Waals surface area (Å²) in [7, 11) is 0. The van der Waals surface area contributed by atoms with Crippen molar-refractivity contribution in [2.24, 2.45) is 5.92 Å². The van der Waals surface area contributed by atoms with Gasteiger partial charge in [-0.15, -0.1) is 0 Å². The van der Waals surface area contributed by atoms with E-state index < -0.39 is 12.2 Å². The molecule has 2 atom stereocenters. The van der Waals surface area contributed by atoms with Crippen LogP contribution in [-0.2, 0) is 4.74 Å². The van der Waals surface area contributed by atoms with E-state index in [0.717, 1.165) is 30.8 Å². The van der Waals surface area contributed by atoms with Gasteiger partial charge in [0.15, 0.2) is 0 Å². The summed E-state index contributed by atoms with van der Waals surface area (Å²) < 4.78 is 45.7. The maximum absolute atomic E-state index is 13.3. The summed E-state index contributed by atoms with van der Waals surface area (Å²) in [6.45, 7) is 2.78. The van der Waals surface area contributed by atoms with Crippen LogP contribution in [0, 0.1) is 5.92 Å². The molecule has 0 aromatic heterocycles. The molecule has 2 rings (SSSR count). The van der Waals surface area contributed by atoms with Crippen molar-refractivity contribution in [3.63, 3.8) is 0 Å². The normalized spacial score (nSPS) is 28.5. The lowest BCUT2D eigenvalue weighted by molar-refractivity contribution is -0.188. The summed E-state index contributed by atoms with van der Waals surface area (Å²) in [5.41, 5.74) is -0.286. The topological polar surface area (TPSA) is 21.3 Å². The third-order valence-electron chi connectivity index (χ3n) is 4.37. The number of alkyl halides is 3. The van der Waals surface area contributed by atoms with Crippen LogP contribution in [0.5, 0.6) is 0 Å². The van der Waals surface area contributed by atoms with Gasteiger partial charge in [-0.25, -0.2) is 0 Å². The first-order chi connectivity index (χ1) is 9.47. The molecule has 0 aromatic rings. The highest BCUT2D eigenvalue weighted by atomic mass is 32.2. The van der Waals surface area contributed by atoms with Gasteiger partial charge in [-0.3, -0.25) is 0 Å². The predicted molar refractivity (Wildman–Crippen MR) is 76.1 cm³/mol. The van der Waals surface area contributed by atoms with Crippen molar-refractivity contribution in [1.82, 2.24) is 5.32 Å². The van der Waals surface area contributed by atoms with E-state index in [4.69, 9.17) is 4.74 Å². The molecule has 0 bridgehead atoms. The molecule has 2 aliphatic heterocycles. The quantitative estimate of drug-likeness (QED) is 0.857. The number of halogens is 3. The lowest BCUT2D eigenvalue weighted by Gasteiger charge is -2.45. The monoisotopic (exact) mass is 311 g/mol. The molecule has 2 saturated heterocycles. The first kappa shape index (κ1) is 16.4. The molecule has 20 heavy (non-hydrogen) atoms. The summed E-state index contributed by atoms with van der Waals surface area (Å²) in [5.74, 6) is 1.66. The highest BCUT2D eigenvalue weighted by Crippen LogP contribution is 2.43. The number of nitrogens with one attached hydrogen (secondary N) is 1. The number of hydrogen-bond acceptors (Lipinski definition) is 3. The van der Waals surface area contributed by atoms with Crippen LogP contribution in [0.25, 0.3) is 0 Å². The van der Waals surface area contributed by atoms with E-state index in [1.165, 1.54) is 0 Å². The maximum atomic E-state index is 13.3. The zero-order valence-corrected chi connectivity index (χ0v) is 12.8. The molecule has 6 heteroatoms. The minimum atomic E-state index is -4.16. The van der Waals surface area contributed by atoms with Gasteiger partial charge in [0, 0.05) is 6.61 Å². The van der Waals surface area contributed by atoms with Gasteiger partial charge in [-0.05, 0) is 56.1 Å². The SMILES string of the molecule is CCCNC(C1CCOC2(CCSCC2)C1)C(F)(F)F. The molecule has 0 amide bonds. The second-order valence-corrected chi connectivity index (χ2v) is 7.09. The van der Waals surface area contributed by atoms with Crippen molar-refractivity contribution in [3.8, 4) is 0 Å². The molecule has 118 valence electrons. The van der Waals surface area contributed by atoms with Gasteiger partial charge in [0.25, 0.3) is 0 Å². The van der Waals surface area contributed by atoms with E-state index in [0.29, 0.717) is 26.0 Å². The average Bonchev–Trinajstić information content (AvgIpc) is 2.39. The second-order valence-electron chi connectivity index (χ2n) is 5.87. The summed E-state index contributed by atoms with van der Waals surface area (Å²) >= 11 is 1.87. The van der Waals surface area contributed by atoms with Crippen LogP contribution in [0.4, 0.5) is 13.2 Å². The highest BCUT2D eigenvalue weighted by molar-refractivity contribution is 7.99. The Morgan fingerprint density at radius 1 is 1.35 bits per heavy atom. The largest absolute Gasteiger partial charge is 0.404 e. The average molecular weight is 311 g/mol. The van der Waals surface area contributed by atoms with Crippen LogP contribution >= 0.6 is 11.8 Å². The molecule has 0 aliphatic carbocycles. The molecular weight excluding hydrogens is 287 g/mol. The van der Waals surface area contributed by atoms with Gasteiger partial charge in [0.2, 0.25) is 0 Å². The van der Waals surface area contributed by atoms with Crippen molar-refractivity contribution >= 4 is 11.8 Å². The van der Waals surface area contributed by atoms with Crippen LogP contribution in [0.1, 0.15) is 39.0 Å². The van der Waals surface area contributed by atoms with Crippen LogP contribution in [0.3, 0.4) is 0 Å². The van der Waals surface area contributed by atoms with Gasteiger partial charge in [-0.2, -0.15) is 24.9 Å². The number of ether oxygens (including phenoxy) is 1. The fourth-order valence-corrected chi connectivity index (χ4v) is 4.53. The number of rotatable bonds is 4. The molecule has 0 aromatic carbocycles. The van der Waals surface area contributed by atoms with Gasteiger partial charge in [0.1, 0.15) is 6.04 Å². The minimum Gasteiger partial charge on any atom is -0.375 e. The fraction of sp³-hybridized carbons (Fsp3) is 1.00. The van der Waals surface area contributed by atoms with E-state index in [2.05, 4.69) is 5.32 Å². The molecule has 2 fully saturated rings. The summed E-state index contributed by atoms with van der Waals surface area (Å²) in [6, 6.07) is -1.38. The first-order valence-electron chi connectivity index (χ1n) is 7.49. The third-order valence-corrected chi connectivity index (χ3v) is 5.36. The molecule has 0 saturated carbocycles. The molecule has 2 unspecified atom stereocenters. The van der Waals surface area contributed by atoms with E-state index in [9.17, 15) is 13.2 Å². The van der Waals surface area contributed by atoms with Crippen LogP contribution in [0.2, 0.25) is 0 Å². The van der Waals surface area contributed by atoms with Crippen LogP contribution in [-0.4, -0.2) is 42.5 Å². The molecule has 2 nitrogen and oxygen atoms in total. The fourth-order valence-electron chi connectivity index (χ4n) is 3.29. The summed E-state index contributed by atoms with van der Waals surface area (Å²) in [5, 5.41) is 2.72. The highest BCUT2D eigenvalue weighted by Gasteiger charge is 2.49. The van der Waals surface area contributed by atoms with Gasteiger partial charge < -0.3 is 10.1 Å².